The van der Waals surface area contributed by atoms with Crippen LogP contribution in [0.2, 0.25) is 0 Å². The van der Waals surface area contributed by atoms with E-state index in [1.165, 1.54) is 5.56 Å². The van der Waals surface area contributed by atoms with Crippen LogP contribution in [0.3, 0.4) is 0 Å². The number of aromatic amines is 1. The Labute approximate surface area is 146 Å². The molecular formula is C23H17NO. The van der Waals surface area contributed by atoms with Gasteiger partial charge in [0.2, 0.25) is 0 Å². The van der Waals surface area contributed by atoms with Crippen molar-refractivity contribution in [1.82, 2.24) is 4.98 Å². The van der Waals surface area contributed by atoms with Gasteiger partial charge in [0.25, 0.3) is 0 Å². The summed E-state index contributed by atoms with van der Waals surface area (Å²) in [5, 5.41) is 0. The molecule has 0 fully saturated rings. The zero-order valence-electron chi connectivity index (χ0n) is 13.6. The number of rotatable bonds is 2. The number of hydrogen-bond donors (Lipinski definition) is 1. The summed E-state index contributed by atoms with van der Waals surface area (Å²) in [6, 6.07) is 31.5. The van der Waals surface area contributed by atoms with Gasteiger partial charge in [-0.15, -0.1) is 0 Å². The number of aromatic nitrogens is 1. The van der Waals surface area contributed by atoms with Crippen LogP contribution in [0, 0.1) is 0 Å². The van der Waals surface area contributed by atoms with E-state index in [2.05, 4.69) is 71.7 Å². The van der Waals surface area contributed by atoms with E-state index >= 15 is 0 Å². The van der Waals surface area contributed by atoms with Crippen molar-refractivity contribution in [1.29, 1.82) is 0 Å². The van der Waals surface area contributed by atoms with E-state index in [0.717, 1.165) is 28.3 Å². The second-order valence-corrected chi connectivity index (χ2v) is 6.29. The smallest absolute Gasteiger partial charge is 0.132 e. The molecule has 120 valence electrons. The molecule has 0 atom stereocenters. The molecule has 1 aromatic heterocycles. The van der Waals surface area contributed by atoms with Crippen LogP contribution in [-0.2, 0) is 5.41 Å². The van der Waals surface area contributed by atoms with Crippen molar-refractivity contribution < 1.29 is 4.74 Å². The van der Waals surface area contributed by atoms with Crippen molar-refractivity contribution >= 4 is 0 Å². The second kappa shape index (κ2) is 5.38. The predicted octanol–water partition coefficient (Wildman–Crippen LogP) is 5.50. The first-order chi connectivity index (χ1) is 12.4. The van der Waals surface area contributed by atoms with E-state index in [1.54, 1.807) is 0 Å². The van der Waals surface area contributed by atoms with Gasteiger partial charge in [0, 0.05) is 23.0 Å². The van der Waals surface area contributed by atoms with Gasteiger partial charge in [-0.2, -0.15) is 0 Å². The van der Waals surface area contributed by atoms with Crippen LogP contribution < -0.4 is 4.74 Å². The Morgan fingerprint density at radius 1 is 0.600 bits per heavy atom. The predicted molar refractivity (Wildman–Crippen MR) is 99.2 cm³/mol. The Morgan fingerprint density at radius 3 is 1.80 bits per heavy atom. The summed E-state index contributed by atoms with van der Waals surface area (Å²) in [7, 11) is 0. The molecule has 1 N–H and O–H groups in total. The van der Waals surface area contributed by atoms with Crippen molar-refractivity contribution in [3.05, 3.63) is 120 Å². The fourth-order valence-electron chi connectivity index (χ4n) is 4.00. The van der Waals surface area contributed by atoms with Crippen LogP contribution in [0.4, 0.5) is 0 Å². The first kappa shape index (κ1) is 14.1. The van der Waals surface area contributed by atoms with Gasteiger partial charge < -0.3 is 9.72 Å². The Kier molecular flexibility index (Phi) is 3.04. The van der Waals surface area contributed by atoms with E-state index in [1.807, 2.05) is 30.5 Å². The molecule has 3 aromatic carbocycles. The Morgan fingerprint density at radius 2 is 1.20 bits per heavy atom. The number of benzene rings is 3. The molecule has 0 amide bonds. The van der Waals surface area contributed by atoms with E-state index in [0.29, 0.717) is 0 Å². The van der Waals surface area contributed by atoms with Gasteiger partial charge in [0.05, 0.1) is 5.41 Å². The van der Waals surface area contributed by atoms with Gasteiger partial charge in [0.1, 0.15) is 11.5 Å². The van der Waals surface area contributed by atoms with Crippen LogP contribution in [0.15, 0.2) is 97.2 Å². The Hall–Kier alpha value is -3.26. The molecule has 2 heterocycles. The zero-order valence-corrected chi connectivity index (χ0v) is 13.6. The Bertz CT molecular complexity index is 973. The SMILES string of the molecule is c1ccc(C2(c3ccc[nH]3)c3ccccc3Oc3ccccc32)cc1. The average molecular weight is 323 g/mol. The minimum atomic E-state index is -0.420. The molecule has 0 saturated carbocycles. The standard InChI is InChI=1S/C23H17NO/c1-2-9-17(10-3-1)23(22-15-8-16-24-22)18-11-4-6-13-20(18)25-21-14-7-5-12-19(21)23/h1-16,24H. The number of nitrogens with one attached hydrogen (secondary N) is 1. The number of hydrogen-bond acceptors (Lipinski definition) is 1. The third kappa shape index (κ3) is 1.91. The number of H-pyrrole nitrogens is 1. The van der Waals surface area contributed by atoms with Gasteiger partial charge in [0.15, 0.2) is 0 Å². The van der Waals surface area contributed by atoms with Crippen molar-refractivity contribution in [2.75, 3.05) is 0 Å². The van der Waals surface area contributed by atoms with Gasteiger partial charge in [-0.05, 0) is 29.8 Å². The highest BCUT2D eigenvalue weighted by Gasteiger charge is 2.45. The van der Waals surface area contributed by atoms with Crippen molar-refractivity contribution in [2.45, 2.75) is 5.41 Å². The first-order valence-corrected chi connectivity index (χ1v) is 8.47. The molecule has 1 aliphatic rings. The van der Waals surface area contributed by atoms with Gasteiger partial charge in [-0.3, -0.25) is 0 Å². The molecule has 0 aliphatic carbocycles. The summed E-state index contributed by atoms with van der Waals surface area (Å²) < 4.78 is 6.24. The number of para-hydroxylation sites is 2. The number of fused-ring (bicyclic) bond motifs is 2. The summed E-state index contributed by atoms with van der Waals surface area (Å²) in [6.07, 6.45) is 1.99. The highest BCUT2D eigenvalue weighted by atomic mass is 16.5. The minimum Gasteiger partial charge on any atom is -0.457 e. The molecule has 2 nitrogen and oxygen atoms in total. The molecule has 0 spiro atoms. The summed E-state index contributed by atoms with van der Waals surface area (Å²) in [5.74, 6) is 1.80. The fraction of sp³-hybridized carbons (Fsp3) is 0.0435. The first-order valence-electron chi connectivity index (χ1n) is 8.47. The van der Waals surface area contributed by atoms with Crippen molar-refractivity contribution in [3.8, 4) is 11.5 Å². The molecule has 1 aliphatic heterocycles. The topological polar surface area (TPSA) is 25.0 Å². The van der Waals surface area contributed by atoms with Crippen molar-refractivity contribution in [3.63, 3.8) is 0 Å². The molecule has 0 saturated heterocycles. The lowest BCUT2D eigenvalue weighted by Crippen LogP contribution is -2.34. The third-order valence-corrected chi connectivity index (χ3v) is 5.01. The lowest BCUT2D eigenvalue weighted by atomic mass is 9.66. The molecule has 2 heteroatoms. The van der Waals surface area contributed by atoms with Gasteiger partial charge in [-0.1, -0.05) is 66.7 Å². The number of ether oxygens (including phenoxy) is 1. The largest absolute Gasteiger partial charge is 0.457 e. The van der Waals surface area contributed by atoms with Crippen LogP contribution in [0.25, 0.3) is 0 Å². The molecule has 0 unspecified atom stereocenters. The Balaban J connectivity index is 1.97. The quantitative estimate of drug-likeness (QED) is 0.456. The van der Waals surface area contributed by atoms with Crippen LogP contribution in [0.1, 0.15) is 22.4 Å². The zero-order chi connectivity index (χ0) is 16.7. The monoisotopic (exact) mass is 323 g/mol. The maximum absolute atomic E-state index is 6.24. The van der Waals surface area contributed by atoms with Crippen molar-refractivity contribution in [2.24, 2.45) is 0 Å². The van der Waals surface area contributed by atoms with Crippen LogP contribution >= 0.6 is 0 Å². The normalized spacial score (nSPS) is 14.2. The van der Waals surface area contributed by atoms with Crippen LogP contribution in [0.5, 0.6) is 11.5 Å². The molecule has 4 aromatic rings. The second-order valence-electron chi connectivity index (χ2n) is 6.29. The third-order valence-electron chi connectivity index (χ3n) is 5.01. The lowest BCUT2D eigenvalue weighted by Gasteiger charge is -2.40. The maximum atomic E-state index is 6.24. The maximum Gasteiger partial charge on any atom is 0.132 e. The highest BCUT2D eigenvalue weighted by molar-refractivity contribution is 5.67. The fourth-order valence-corrected chi connectivity index (χ4v) is 4.00. The van der Waals surface area contributed by atoms with E-state index in [4.69, 9.17) is 4.74 Å². The summed E-state index contributed by atoms with van der Waals surface area (Å²) >= 11 is 0. The van der Waals surface area contributed by atoms with E-state index in [9.17, 15) is 0 Å². The van der Waals surface area contributed by atoms with Gasteiger partial charge >= 0.3 is 0 Å². The van der Waals surface area contributed by atoms with Crippen LogP contribution in [-0.4, -0.2) is 4.98 Å². The minimum absolute atomic E-state index is 0.420. The highest BCUT2D eigenvalue weighted by Crippen LogP contribution is 2.54. The summed E-state index contributed by atoms with van der Waals surface area (Å²) in [4.78, 5) is 3.47. The summed E-state index contributed by atoms with van der Waals surface area (Å²) in [5.41, 5.74) is 4.25. The molecule has 0 bridgehead atoms. The molecular weight excluding hydrogens is 306 g/mol. The lowest BCUT2D eigenvalue weighted by molar-refractivity contribution is 0.432. The van der Waals surface area contributed by atoms with Gasteiger partial charge in [-0.25, -0.2) is 0 Å². The van der Waals surface area contributed by atoms with E-state index < -0.39 is 5.41 Å². The average Bonchev–Trinajstić information content (AvgIpc) is 3.22. The molecule has 5 rings (SSSR count). The molecule has 0 radical (unpaired) electrons. The summed E-state index contributed by atoms with van der Waals surface area (Å²) in [6.45, 7) is 0. The molecule has 25 heavy (non-hydrogen) atoms. The van der Waals surface area contributed by atoms with E-state index in [-0.39, 0.29) is 0 Å².